The third-order valence-electron chi connectivity index (χ3n) is 4.98. The lowest BCUT2D eigenvalue weighted by molar-refractivity contribution is 0.555. The molecule has 6 heteroatoms. The van der Waals surface area contributed by atoms with E-state index < -0.39 is 33.2 Å². The maximum atomic E-state index is 14.6. The number of rotatable bonds is 5. The lowest BCUT2D eigenvalue weighted by Crippen LogP contribution is -2.31. The maximum Gasteiger partial charge on any atom is 0.144 e. The van der Waals surface area contributed by atoms with Crippen molar-refractivity contribution in [3.63, 3.8) is 0 Å². The Bertz CT molecular complexity index is 1110. The van der Waals surface area contributed by atoms with Crippen LogP contribution in [0.2, 0.25) is 0 Å². The summed E-state index contributed by atoms with van der Waals surface area (Å²) in [5.74, 6) is -1.00. The van der Waals surface area contributed by atoms with E-state index in [2.05, 4.69) is 4.40 Å². The Morgan fingerprint density at radius 2 is 1.62 bits per heavy atom. The minimum absolute atomic E-state index is 0.184. The van der Waals surface area contributed by atoms with Crippen molar-refractivity contribution in [3.8, 4) is 11.1 Å². The summed E-state index contributed by atoms with van der Waals surface area (Å²) >= 11 is -1.47. The summed E-state index contributed by atoms with van der Waals surface area (Å²) in [7, 11) is 0. The number of nitrogens with zero attached hydrogens (tertiary/aromatic N) is 2. The molecule has 0 aliphatic heterocycles. The van der Waals surface area contributed by atoms with Gasteiger partial charge in [-0.1, -0.05) is 55.5 Å². The fourth-order valence-electron chi connectivity index (χ4n) is 3.27. The summed E-state index contributed by atoms with van der Waals surface area (Å²) in [5, 5.41) is 0. The van der Waals surface area contributed by atoms with Crippen molar-refractivity contribution in [2.24, 2.45) is 9.81 Å². The Balaban J connectivity index is 2.22. The molecular formula is C26H30F2N2OS. The number of hydrogen-bond donors (Lipinski definition) is 0. The molecule has 0 unspecified atom stereocenters. The highest BCUT2D eigenvalue weighted by Gasteiger charge is 2.33. The van der Waals surface area contributed by atoms with Gasteiger partial charge in [0, 0.05) is 29.3 Å². The zero-order valence-electron chi connectivity index (χ0n) is 19.4. The first-order valence-electron chi connectivity index (χ1n) is 10.6. The molecule has 3 rings (SSSR count). The van der Waals surface area contributed by atoms with E-state index in [0.29, 0.717) is 17.8 Å². The molecule has 0 amide bonds. The van der Waals surface area contributed by atoms with Crippen molar-refractivity contribution in [1.29, 1.82) is 0 Å². The predicted molar refractivity (Wildman–Crippen MR) is 129 cm³/mol. The molecule has 170 valence electrons. The van der Waals surface area contributed by atoms with Crippen LogP contribution >= 0.6 is 0 Å². The molecule has 2 aromatic carbocycles. The van der Waals surface area contributed by atoms with Gasteiger partial charge < -0.3 is 9.12 Å². The molecule has 0 aliphatic rings. The lowest BCUT2D eigenvalue weighted by atomic mass is 9.88. The van der Waals surface area contributed by atoms with Gasteiger partial charge in [0.15, 0.2) is 0 Å². The summed E-state index contributed by atoms with van der Waals surface area (Å²) < 4.78 is 47.5. The second kappa shape index (κ2) is 9.20. The Kier molecular flexibility index (Phi) is 6.96. The van der Waals surface area contributed by atoms with Crippen LogP contribution in [0.25, 0.3) is 11.1 Å². The minimum atomic E-state index is -1.47. The Morgan fingerprint density at radius 3 is 2.22 bits per heavy atom. The first-order chi connectivity index (χ1) is 14.9. The van der Waals surface area contributed by atoms with Gasteiger partial charge in [-0.05, 0) is 50.6 Å². The first kappa shape index (κ1) is 24.2. The standard InChI is InChI=1S/C26H30F2N2OS/c1-25(2,3)24(29-32(31)26(4,5)6)23-14-19(21-15-20(27)12-13-22(21)28)17-30(23)16-18-10-8-7-9-11-18/h7-15,17H,16H2,1-6H3/b29-24-/t32-/m0/s1. The van der Waals surface area contributed by atoms with Crippen LogP contribution in [-0.2, 0) is 17.9 Å². The van der Waals surface area contributed by atoms with E-state index in [1.54, 1.807) is 6.20 Å². The highest BCUT2D eigenvalue weighted by Crippen LogP contribution is 2.32. The molecule has 32 heavy (non-hydrogen) atoms. The normalized spacial score (nSPS) is 14.0. The number of halogens is 2. The number of hydrogen-bond acceptors (Lipinski definition) is 2. The van der Waals surface area contributed by atoms with Crippen molar-refractivity contribution in [2.75, 3.05) is 0 Å². The van der Waals surface area contributed by atoms with E-state index in [0.717, 1.165) is 23.4 Å². The number of aromatic nitrogens is 1. The monoisotopic (exact) mass is 456 g/mol. The summed E-state index contributed by atoms with van der Waals surface area (Å²) in [6, 6.07) is 15.1. The summed E-state index contributed by atoms with van der Waals surface area (Å²) in [5.41, 5.74) is 2.75. The van der Waals surface area contributed by atoms with E-state index in [1.807, 2.05) is 82.5 Å². The van der Waals surface area contributed by atoms with Crippen LogP contribution in [0.15, 0.2) is 65.2 Å². The van der Waals surface area contributed by atoms with E-state index in [4.69, 9.17) is 0 Å². The van der Waals surface area contributed by atoms with Gasteiger partial charge in [0.25, 0.3) is 0 Å². The molecule has 3 nitrogen and oxygen atoms in total. The maximum absolute atomic E-state index is 14.6. The van der Waals surface area contributed by atoms with Crippen molar-refractivity contribution in [2.45, 2.75) is 52.8 Å². The van der Waals surface area contributed by atoms with E-state index in [-0.39, 0.29) is 5.56 Å². The molecule has 1 heterocycles. The molecule has 0 aliphatic carbocycles. The third kappa shape index (κ3) is 5.67. The van der Waals surface area contributed by atoms with Gasteiger partial charge in [-0.2, -0.15) is 0 Å². The summed E-state index contributed by atoms with van der Waals surface area (Å²) in [6.45, 7) is 12.2. The van der Waals surface area contributed by atoms with Crippen LogP contribution in [-0.4, -0.2) is 19.6 Å². The van der Waals surface area contributed by atoms with Gasteiger partial charge in [0.1, 0.15) is 33.5 Å². The van der Waals surface area contributed by atoms with Gasteiger partial charge in [-0.15, -0.1) is 0 Å². The smallest absolute Gasteiger partial charge is 0.144 e. The lowest BCUT2D eigenvalue weighted by Gasteiger charge is -2.25. The van der Waals surface area contributed by atoms with Crippen molar-refractivity contribution < 1.29 is 13.3 Å². The average molecular weight is 457 g/mol. The van der Waals surface area contributed by atoms with Gasteiger partial charge in [0.05, 0.1) is 5.69 Å². The third-order valence-corrected chi connectivity index (χ3v) is 6.38. The quantitative estimate of drug-likeness (QED) is 0.308. The van der Waals surface area contributed by atoms with Gasteiger partial charge >= 0.3 is 0 Å². The zero-order chi connectivity index (χ0) is 23.7. The predicted octanol–water partition coefficient (Wildman–Crippen LogP) is 6.78. The van der Waals surface area contributed by atoms with Gasteiger partial charge in [-0.25, -0.2) is 8.78 Å². The molecule has 3 aromatic rings. The zero-order valence-corrected chi connectivity index (χ0v) is 20.3. The fourth-order valence-corrected chi connectivity index (χ4v) is 4.08. The summed E-state index contributed by atoms with van der Waals surface area (Å²) in [4.78, 5) is 0. The fraction of sp³-hybridized carbons (Fsp3) is 0.346. The first-order valence-corrected chi connectivity index (χ1v) is 11.7. The second-order valence-electron chi connectivity index (χ2n) is 9.90. The van der Waals surface area contributed by atoms with E-state index in [1.165, 1.54) is 6.07 Å². The molecule has 1 atom stereocenters. The highest BCUT2D eigenvalue weighted by molar-refractivity contribution is 7.91. The van der Waals surface area contributed by atoms with Crippen molar-refractivity contribution >= 4 is 17.1 Å². The van der Waals surface area contributed by atoms with Crippen LogP contribution in [0.5, 0.6) is 0 Å². The highest BCUT2D eigenvalue weighted by atomic mass is 32.2. The van der Waals surface area contributed by atoms with Crippen LogP contribution in [0.4, 0.5) is 8.78 Å². The van der Waals surface area contributed by atoms with E-state index in [9.17, 15) is 13.3 Å². The van der Waals surface area contributed by atoms with Crippen molar-refractivity contribution in [1.82, 2.24) is 4.57 Å². The van der Waals surface area contributed by atoms with Crippen LogP contribution in [0, 0.1) is 17.0 Å². The summed E-state index contributed by atoms with van der Waals surface area (Å²) in [6.07, 6.45) is 1.81. The average Bonchev–Trinajstić information content (AvgIpc) is 3.09. The SMILES string of the molecule is CC(C)(C)/C(=N\[S@@+]([O-])C(C)(C)C)c1cc(-c2cc(F)ccc2F)cn1Cc1ccccc1. The Morgan fingerprint density at radius 1 is 0.969 bits per heavy atom. The molecule has 0 spiro atoms. The Hall–Kier alpha value is -2.44. The molecule has 0 bridgehead atoms. The topological polar surface area (TPSA) is 40.4 Å². The largest absolute Gasteiger partial charge is 0.591 e. The van der Waals surface area contributed by atoms with Crippen molar-refractivity contribution in [3.05, 3.63) is 83.7 Å². The van der Waals surface area contributed by atoms with Crippen LogP contribution in [0.1, 0.15) is 52.8 Å². The van der Waals surface area contributed by atoms with E-state index >= 15 is 0 Å². The molecular weight excluding hydrogens is 426 g/mol. The second-order valence-corrected chi connectivity index (χ2v) is 11.8. The molecule has 0 fully saturated rings. The Labute approximate surface area is 192 Å². The van der Waals surface area contributed by atoms with Crippen LogP contribution in [0.3, 0.4) is 0 Å². The molecule has 1 aromatic heterocycles. The minimum Gasteiger partial charge on any atom is -0.591 e. The van der Waals surface area contributed by atoms with Gasteiger partial charge in [0.2, 0.25) is 0 Å². The molecule has 0 saturated carbocycles. The number of benzene rings is 2. The molecule has 0 saturated heterocycles. The van der Waals surface area contributed by atoms with Gasteiger partial charge in [-0.3, -0.25) is 0 Å². The van der Waals surface area contributed by atoms with Crippen LogP contribution < -0.4 is 0 Å². The molecule has 0 N–H and O–H groups in total. The molecule has 0 radical (unpaired) electrons.